The summed E-state index contributed by atoms with van der Waals surface area (Å²) in [6, 6.07) is -3.17. The van der Waals surface area contributed by atoms with Crippen molar-refractivity contribution >= 4 is 18.1 Å². The van der Waals surface area contributed by atoms with E-state index in [4.69, 9.17) is 0 Å². The number of aliphatic hydroxyl groups excluding tert-OH is 8. The highest BCUT2D eigenvalue weighted by atomic mass is 16.4. The third-order valence-corrected chi connectivity index (χ3v) is 6.42. The summed E-state index contributed by atoms with van der Waals surface area (Å²) in [4.78, 5) is 41.9. The molecule has 17 nitrogen and oxygen atoms in total. The van der Waals surface area contributed by atoms with Gasteiger partial charge < -0.3 is 40.9 Å². The topological polar surface area (TPSA) is 232 Å². The summed E-state index contributed by atoms with van der Waals surface area (Å²) < 4.78 is 0. The van der Waals surface area contributed by atoms with E-state index in [1.165, 1.54) is 0 Å². The van der Waals surface area contributed by atoms with E-state index in [-0.39, 0.29) is 12.8 Å². The van der Waals surface area contributed by atoms with E-state index in [1.54, 1.807) is 13.8 Å². The lowest BCUT2D eigenvalue weighted by molar-refractivity contribution is -0.123. The molecule has 0 saturated carbocycles. The molecule has 8 unspecified atom stereocenters. The molecule has 8 atom stereocenters. The lowest BCUT2D eigenvalue weighted by Gasteiger charge is -2.28. The molecule has 0 bridgehead atoms. The van der Waals surface area contributed by atoms with Crippen molar-refractivity contribution in [2.45, 2.75) is 89.4 Å². The van der Waals surface area contributed by atoms with Crippen LogP contribution in [0.1, 0.15) is 39.5 Å². The smallest absolute Gasteiger partial charge is 0.327 e. The Kier molecular flexibility index (Phi) is 8.46. The lowest BCUT2D eigenvalue weighted by Crippen LogP contribution is -2.50. The monoisotopic (exact) mass is 522 g/mol. The van der Waals surface area contributed by atoms with E-state index in [0.717, 1.165) is 0 Å². The van der Waals surface area contributed by atoms with Crippen LogP contribution in [0.4, 0.5) is 14.4 Å². The number of nitrogens with zero attached hydrogens (tertiary/aromatic N) is 6. The van der Waals surface area contributed by atoms with Gasteiger partial charge >= 0.3 is 18.1 Å². The summed E-state index contributed by atoms with van der Waals surface area (Å²) in [5, 5.41) is 82.1. The van der Waals surface area contributed by atoms with Gasteiger partial charge in [-0.3, -0.25) is 29.4 Å². The minimum atomic E-state index is -1.95. The molecular weight excluding hydrogens is 488 g/mol. The number of carbonyl (C=O) groups is 3. The van der Waals surface area contributed by atoms with E-state index in [1.807, 2.05) is 0 Å². The summed E-state index contributed by atoms with van der Waals surface area (Å²) in [5.74, 6) is 0. The van der Waals surface area contributed by atoms with Crippen molar-refractivity contribution in [1.82, 2.24) is 29.4 Å². The van der Waals surface area contributed by atoms with Gasteiger partial charge in [0, 0.05) is 0 Å². The number of amides is 6. The molecule has 0 spiro atoms. The summed E-state index contributed by atoms with van der Waals surface area (Å²) in [5.41, 5.74) is 0. The van der Waals surface area contributed by atoms with E-state index >= 15 is 0 Å². The number of carbonyl (C=O) groups excluding carboxylic acids is 3. The number of rotatable bonds is 10. The summed E-state index contributed by atoms with van der Waals surface area (Å²) >= 11 is 0. The second kappa shape index (κ2) is 10.9. The minimum Gasteiger partial charge on any atom is -0.373 e. The lowest BCUT2D eigenvalue weighted by atomic mass is 10.3. The number of urea groups is 3. The SMILES string of the molecule is CCCC(O)N1C(=O)N(CN2C(=O)N(CN3C(=O)N(C(O)CCC)C(O)C3O)C(O)C2O)C(O)C1O. The molecule has 0 aromatic carbocycles. The summed E-state index contributed by atoms with van der Waals surface area (Å²) in [6.07, 6.45) is -13.0. The molecule has 3 aliphatic heterocycles. The van der Waals surface area contributed by atoms with Gasteiger partial charge in [-0.2, -0.15) is 0 Å². The molecule has 3 rings (SSSR count). The first-order chi connectivity index (χ1) is 16.9. The Bertz CT molecular complexity index is 774. The Morgan fingerprint density at radius 3 is 1.14 bits per heavy atom. The molecule has 3 aliphatic rings. The van der Waals surface area contributed by atoms with E-state index in [9.17, 15) is 55.2 Å². The molecule has 3 saturated heterocycles. The fraction of sp³-hybridized carbons (Fsp3) is 0.842. The Morgan fingerprint density at radius 2 is 0.833 bits per heavy atom. The van der Waals surface area contributed by atoms with Crippen LogP contribution in [0.25, 0.3) is 0 Å². The van der Waals surface area contributed by atoms with Crippen molar-refractivity contribution in [3.05, 3.63) is 0 Å². The van der Waals surface area contributed by atoms with Crippen molar-refractivity contribution in [2.24, 2.45) is 0 Å². The Morgan fingerprint density at radius 1 is 0.556 bits per heavy atom. The van der Waals surface area contributed by atoms with Crippen molar-refractivity contribution in [2.75, 3.05) is 13.3 Å². The van der Waals surface area contributed by atoms with Crippen molar-refractivity contribution in [3.8, 4) is 0 Å². The molecule has 6 amide bonds. The van der Waals surface area contributed by atoms with Crippen LogP contribution in [0.15, 0.2) is 0 Å². The van der Waals surface area contributed by atoms with Crippen molar-refractivity contribution in [1.29, 1.82) is 0 Å². The second-order valence-electron chi connectivity index (χ2n) is 8.84. The number of hydrogen-bond donors (Lipinski definition) is 8. The second-order valence-corrected chi connectivity index (χ2v) is 8.84. The van der Waals surface area contributed by atoms with Gasteiger partial charge in [0.05, 0.1) is 0 Å². The van der Waals surface area contributed by atoms with Crippen LogP contribution in [0.2, 0.25) is 0 Å². The largest absolute Gasteiger partial charge is 0.373 e. The maximum absolute atomic E-state index is 13.0. The third kappa shape index (κ3) is 4.63. The van der Waals surface area contributed by atoms with Gasteiger partial charge in [0.1, 0.15) is 25.8 Å². The van der Waals surface area contributed by atoms with Gasteiger partial charge in [-0.1, -0.05) is 26.7 Å². The van der Waals surface area contributed by atoms with Gasteiger partial charge in [0.2, 0.25) is 0 Å². The molecule has 0 radical (unpaired) electrons. The number of aliphatic hydroxyl groups is 8. The van der Waals surface area contributed by atoms with E-state index < -0.39 is 81.3 Å². The van der Waals surface area contributed by atoms with Crippen LogP contribution >= 0.6 is 0 Å². The molecule has 3 heterocycles. The first-order valence-corrected chi connectivity index (χ1v) is 11.6. The molecule has 0 aromatic rings. The fourth-order valence-corrected chi connectivity index (χ4v) is 4.38. The van der Waals surface area contributed by atoms with Gasteiger partial charge in [-0.15, -0.1) is 0 Å². The molecule has 3 fully saturated rings. The van der Waals surface area contributed by atoms with Gasteiger partial charge in [-0.25, -0.2) is 14.4 Å². The van der Waals surface area contributed by atoms with Crippen molar-refractivity contribution < 1.29 is 55.2 Å². The predicted molar refractivity (Wildman–Crippen MR) is 115 cm³/mol. The van der Waals surface area contributed by atoms with Crippen LogP contribution in [-0.4, -0.2) is 152 Å². The highest BCUT2D eigenvalue weighted by Crippen LogP contribution is 2.29. The van der Waals surface area contributed by atoms with Crippen LogP contribution < -0.4 is 0 Å². The zero-order valence-electron chi connectivity index (χ0n) is 19.8. The standard InChI is InChI=1S/C19H34N6O11/c1-3-5-9(26)24-15(32)13(30)22(18(24)35)7-20-11(28)12(29)21(17(20)34)8-23-14(31)16(33)25(19(23)36)10(27)6-4-2/h9-16,26-33H,3-8H2,1-2H3. The zero-order valence-corrected chi connectivity index (χ0v) is 19.8. The van der Waals surface area contributed by atoms with Crippen LogP contribution in [0.5, 0.6) is 0 Å². The first kappa shape index (κ1) is 28.1. The Labute approximate surface area is 206 Å². The molecule has 36 heavy (non-hydrogen) atoms. The van der Waals surface area contributed by atoms with Crippen molar-refractivity contribution in [3.63, 3.8) is 0 Å². The molecule has 17 heteroatoms. The summed E-state index contributed by atoms with van der Waals surface area (Å²) in [6.45, 7) is 1.84. The van der Waals surface area contributed by atoms with E-state index in [2.05, 4.69) is 0 Å². The predicted octanol–water partition coefficient (Wildman–Crippen LogP) is -3.74. The van der Waals surface area contributed by atoms with Crippen LogP contribution in [0.3, 0.4) is 0 Å². The molecular formula is C19H34N6O11. The van der Waals surface area contributed by atoms with Gasteiger partial charge in [-0.05, 0) is 12.8 Å². The Balaban J connectivity index is 1.73. The number of hydrogen-bond acceptors (Lipinski definition) is 11. The summed E-state index contributed by atoms with van der Waals surface area (Å²) in [7, 11) is 0. The van der Waals surface area contributed by atoms with Crippen LogP contribution in [0, 0.1) is 0 Å². The zero-order chi connectivity index (χ0) is 27.1. The maximum atomic E-state index is 13.0. The van der Waals surface area contributed by atoms with Gasteiger partial charge in [0.15, 0.2) is 37.4 Å². The minimum absolute atomic E-state index is 0.100. The van der Waals surface area contributed by atoms with Crippen LogP contribution in [-0.2, 0) is 0 Å². The highest BCUT2D eigenvalue weighted by molar-refractivity contribution is 5.81. The molecule has 0 aliphatic carbocycles. The quantitative estimate of drug-likeness (QED) is 0.139. The Hall–Kier alpha value is -2.51. The average molecular weight is 523 g/mol. The normalized spacial score (nSPS) is 33.0. The molecule has 206 valence electrons. The van der Waals surface area contributed by atoms with E-state index in [0.29, 0.717) is 42.2 Å². The average Bonchev–Trinajstić information content (AvgIpc) is 3.25. The van der Waals surface area contributed by atoms with Gasteiger partial charge in [0.25, 0.3) is 0 Å². The maximum Gasteiger partial charge on any atom is 0.327 e. The molecule has 0 aromatic heterocycles. The third-order valence-electron chi connectivity index (χ3n) is 6.42. The fourth-order valence-electron chi connectivity index (χ4n) is 4.38. The first-order valence-electron chi connectivity index (χ1n) is 11.6. The molecule has 8 N–H and O–H groups in total. The highest BCUT2D eigenvalue weighted by Gasteiger charge is 2.54.